The van der Waals surface area contributed by atoms with Crippen LogP contribution in [0.2, 0.25) is 0 Å². The van der Waals surface area contributed by atoms with Gasteiger partial charge < -0.3 is 10.3 Å². The minimum Gasteiger partial charge on any atom is -0.361 e. The fraction of sp³-hybridized carbons (Fsp3) is 0.263. The molecule has 1 atom stereocenters. The van der Waals surface area contributed by atoms with Gasteiger partial charge in [0.05, 0.1) is 4.90 Å². The smallest absolute Gasteiger partial charge is 0.243 e. The molecule has 2 aromatic carbocycles. The first-order valence-corrected chi connectivity index (χ1v) is 9.93. The molecule has 0 unspecified atom stereocenters. The van der Waals surface area contributed by atoms with Crippen LogP contribution >= 0.6 is 0 Å². The number of benzene rings is 2. The highest BCUT2D eigenvalue weighted by molar-refractivity contribution is 7.89. The van der Waals surface area contributed by atoms with Crippen molar-refractivity contribution in [2.45, 2.75) is 17.4 Å². The minimum absolute atomic E-state index is 0.0989. The topological polar surface area (TPSA) is 65.2 Å². The molecule has 1 aromatic heterocycles. The van der Waals surface area contributed by atoms with Gasteiger partial charge in [0, 0.05) is 42.8 Å². The lowest BCUT2D eigenvalue weighted by Crippen LogP contribution is -2.54. The fourth-order valence-corrected chi connectivity index (χ4v) is 5.16. The van der Waals surface area contributed by atoms with Crippen molar-refractivity contribution in [2.24, 2.45) is 0 Å². The Labute approximate surface area is 147 Å². The number of nitrogens with one attached hydrogen (secondary N) is 2. The van der Waals surface area contributed by atoms with Crippen molar-refractivity contribution in [1.82, 2.24) is 14.6 Å². The highest BCUT2D eigenvalue weighted by Crippen LogP contribution is 2.24. The highest BCUT2D eigenvalue weighted by Gasteiger charge is 2.33. The van der Waals surface area contributed by atoms with Gasteiger partial charge in [-0.15, -0.1) is 0 Å². The molecule has 2 heterocycles. The van der Waals surface area contributed by atoms with Crippen LogP contribution in [0.4, 0.5) is 0 Å². The number of rotatable bonds is 4. The molecule has 1 fully saturated rings. The average Bonchev–Trinajstić information content (AvgIpc) is 3.06. The van der Waals surface area contributed by atoms with Crippen molar-refractivity contribution in [3.63, 3.8) is 0 Å². The second kappa shape index (κ2) is 6.63. The maximum atomic E-state index is 13.1. The van der Waals surface area contributed by atoms with E-state index in [2.05, 4.69) is 16.4 Å². The molecular weight excluding hydrogens is 334 g/mol. The van der Waals surface area contributed by atoms with E-state index in [-0.39, 0.29) is 6.04 Å². The van der Waals surface area contributed by atoms with E-state index in [1.807, 2.05) is 30.5 Å². The van der Waals surface area contributed by atoms with Gasteiger partial charge >= 0.3 is 0 Å². The number of nitrogens with zero attached hydrogens (tertiary/aromatic N) is 1. The average molecular weight is 355 g/mol. The summed E-state index contributed by atoms with van der Waals surface area (Å²) >= 11 is 0. The Hall–Kier alpha value is -2.15. The van der Waals surface area contributed by atoms with Gasteiger partial charge in [0.25, 0.3) is 0 Å². The Morgan fingerprint density at radius 2 is 1.80 bits per heavy atom. The molecule has 0 bridgehead atoms. The monoisotopic (exact) mass is 355 g/mol. The van der Waals surface area contributed by atoms with E-state index in [1.54, 1.807) is 28.6 Å². The molecule has 130 valence electrons. The van der Waals surface area contributed by atoms with E-state index >= 15 is 0 Å². The molecule has 5 nitrogen and oxygen atoms in total. The van der Waals surface area contributed by atoms with E-state index in [4.69, 9.17) is 0 Å². The Morgan fingerprint density at radius 1 is 1.04 bits per heavy atom. The van der Waals surface area contributed by atoms with E-state index in [1.165, 1.54) is 0 Å². The zero-order chi connectivity index (χ0) is 17.3. The molecule has 0 aliphatic carbocycles. The number of piperazine rings is 1. The van der Waals surface area contributed by atoms with E-state index < -0.39 is 10.0 Å². The van der Waals surface area contributed by atoms with Crippen molar-refractivity contribution in [3.05, 3.63) is 66.4 Å². The Kier molecular flexibility index (Phi) is 4.33. The van der Waals surface area contributed by atoms with Gasteiger partial charge in [-0.25, -0.2) is 8.42 Å². The van der Waals surface area contributed by atoms with Gasteiger partial charge in [-0.3, -0.25) is 0 Å². The van der Waals surface area contributed by atoms with Gasteiger partial charge in [0.15, 0.2) is 0 Å². The lowest BCUT2D eigenvalue weighted by Gasteiger charge is -2.35. The summed E-state index contributed by atoms with van der Waals surface area (Å²) in [5.41, 5.74) is 2.23. The fourth-order valence-electron chi connectivity index (χ4n) is 3.51. The first-order chi connectivity index (χ1) is 12.2. The Morgan fingerprint density at radius 3 is 2.64 bits per heavy atom. The summed E-state index contributed by atoms with van der Waals surface area (Å²) in [5, 5.41) is 4.49. The van der Waals surface area contributed by atoms with Crippen LogP contribution in [0.1, 0.15) is 5.56 Å². The second-order valence-electron chi connectivity index (χ2n) is 6.35. The zero-order valence-electron chi connectivity index (χ0n) is 13.9. The molecule has 1 saturated heterocycles. The largest absolute Gasteiger partial charge is 0.361 e. The molecule has 1 aliphatic heterocycles. The summed E-state index contributed by atoms with van der Waals surface area (Å²) < 4.78 is 27.8. The summed E-state index contributed by atoms with van der Waals surface area (Å²) in [5.74, 6) is 0. The predicted octanol–water partition coefficient (Wildman–Crippen LogP) is 2.37. The molecule has 1 aliphatic rings. The van der Waals surface area contributed by atoms with Crippen LogP contribution in [-0.2, 0) is 16.4 Å². The first kappa shape index (κ1) is 16.3. The van der Waals surface area contributed by atoms with Gasteiger partial charge in [-0.2, -0.15) is 4.31 Å². The van der Waals surface area contributed by atoms with E-state index in [0.29, 0.717) is 31.0 Å². The number of para-hydroxylation sites is 1. The second-order valence-corrected chi connectivity index (χ2v) is 8.24. The Balaban J connectivity index is 1.66. The third-order valence-corrected chi connectivity index (χ3v) is 6.74. The molecule has 6 heteroatoms. The van der Waals surface area contributed by atoms with Crippen molar-refractivity contribution in [3.8, 4) is 0 Å². The van der Waals surface area contributed by atoms with Gasteiger partial charge in [0.2, 0.25) is 10.0 Å². The summed E-state index contributed by atoms with van der Waals surface area (Å²) in [6.45, 7) is 1.83. The van der Waals surface area contributed by atoms with Crippen LogP contribution in [0.25, 0.3) is 10.9 Å². The third kappa shape index (κ3) is 3.08. The third-order valence-electron chi connectivity index (χ3n) is 4.78. The van der Waals surface area contributed by atoms with Crippen molar-refractivity contribution in [1.29, 1.82) is 0 Å². The summed E-state index contributed by atoms with van der Waals surface area (Å²) in [6.07, 6.45) is 2.68. The van der Waals surface area contributed by atoms with Crippen LogP contribution in [0.5, 0.6) is 0 Å². The molecule has 0 spiro atoms. The normalized spacial score (nSPS) is 19.3. The standard InChI is InChI=1S/C19H21N3O2S/c23-25(24,17-6-2-1-3-7-17)22-11-10-20-14-16(22)12-15-13-21-19-9-5-4-8-18(15)19/h1-9,13,16,20-21H,10-12,14H2/t16-/m1/s1. The van der Waals surface area contributed by atoms with E-state index in [9.17, 15) is 8.42 Å². The van der Waals surface area contributed by atoms with Crippen LogP contribution in [0.3, 0.4) is 0 Å². The minimum atomic E-state index is -3.48. The lowest BCUT2D eigenvalue weighted by atomic mass is 10.0. The number of aromatic nitrogens is 1. The number of fused-ring (bicyclic) bond motifs is 1. The van der Waals surface area contributed by atoms with Crippen LogP contribution in [0, 0.1) is 0 Å². The quantitative estimate of drug-likeness (QED) is 0.755. The summed E-state index contributed by atoms with van der Waals surface area (Å²) in [4.78, 5) is 3.64. The molecule has 3 aromatic rings. The molecule has 2 N–H and O–H groups in total. The van der Waals surface area contributed by atoms with Crippen LogP contribution in [0.15, 0.2) is 65.7 Å². The molecule has 0 saturated carbocycles. The number of H-pyrrole nitrogens is 1. The lowest BCUT2D eigenvalue weighted by molar-refractivity contribution is 0.266. The molecule has 25 heavy (non-hydrogen) atoms. The Bertz CT molecular complexity index is 967. The number of hydrogen-bond donors (Lipinski definition) is 2. The van der Waals surface area contributed by atoms with Crippen LogP contribution < -0.4 is 5.32 Å². The molecular formula is C19H21N3O2S. The van der Waals surface area contributed by atoms with Crippen LogP contribution in [-0.4, -0.2) is 43.4 Å². The van der Waals surface area contributed by atoms with Crippen molar-refractivity contribution < 1.29 is 8.42 Å². The number of sulfonamides is 1. The highest BCUT2D eigenvalue weighted by atomic mass is 32.2. The van der Waals surface area contributed by atoms with E-state index in [0.717, 1.165) is 16.5 Å². The van der Waals surface area contributed by atoms with Gasteiger partial charge in [0.1, 0.15) is 0 Å². The zero-order valence-corrected chi connectivity index (χ0v) is 14.7. The first-order valence-electron chi connectivity index (χ1n) is 8.49. The number of aromatic amines is 1. The maximum Gasteiger partial charge on any atom is 0.243 e. The van der Waals surface area contributed by atoms with Gasteiger partial charge in [-0.1, -0.05) is 36.4 Å². The van der Waals surface area contributed by atoms with Crippen molar-refractivity contribution in [2.75, 3.05) is 19.6 Å². The molecule has 0 amide bonds. The SMILES string of the molecule is O=S(=O)(c1ccccc1)N1CCNC[C@H]1Cc1c[nH]c2ccccc12. The maximum absolute atomic E-state index is 13.1. The van der Waals surface area contributed by atoms with Gasteiger partial charge in [-0.05, 0) is 30.2 Å². The molecule has 0 radical (unpaired) electrons. The molecule has 4 rings (SSSR count). The predicted molar refractivity (Wildman–Crippen MR) is 99.0 cm³/mol. The summed E-state index contributed by atoms with van der Waals surface area (Å²) in [6, 6.07) is 16.7. The number of hydrogen-bond acceptors (Lipinski definition) is 3. The van der Waals surface area contributed by atoms with Crippen molar-refractivity contribution >= 4 is 20.9 Å². The summed E-state index contributed by atoms with van der Waals surface area (Å²) in [7, 11) is -3.48.